The Morgan fingerprint density at radius 1 is 1.37 bits per heavy atom. The van der Waals surface area contributed by atoms with E-state index in [1.54, 1.807) is 33.0 Å². The maximum atomic E-state index is 11.8. The van der Waals surface area contributed by atoms with E-state index in [2.05, 4.69) is 0 Å². The van der Waals surface area contributed by atoms with Gasteiger partial charge in [-0.1, -0.05) is 12.1 Å². The van der Waals surface area contributed by atoms with E-state index < -0.39 is 5.60 Å². The number of carbonyl (C=O) groups excluding carboxylic acids is 1. The van der Waals surface area contributed by atoms with Gasteiger partial charge in [0.1, 0.15) is 5.75 Å². The van der Waals surface area contributed by atoms with E-state index >= 15 is 0 Å². The van der Waals surface area contributed by atoms with Crippen LogP contribution in [0.2, 0.25) is 0 Å². The number of hydrogen-bond acceptors (Lipinski definition) is 4. The number of aliphatic hydroxyl groups is 1. The first kappa shape index (κ1) is 15.5. The van der Waals surface area contributed by atoms with Crippen LogP contribution in [0.15, 0.2) is 24.3 Å². The number of ether oxygens (including phenoxy) is 1. The zero-order valence-electron chi connectivity index (χ0n) is 11.7. The molecule has 106 valence electrons. The second-order valence-corrected chi connectivity index (χ2v) is 5.20. The fourth-order valence-corrected chi connectivity index (χ4v) is 1.65. The van der Waals surface area contributed by atoms with Crippen molar-refractivity contribution in [2.24, 2.45) is 5.73 Å². The Morgan fingerprint density at radius 2 is 1.95 bits per heavy atom. The Balaban J connectivity index is 2.45. The van der Waals surface area contributed by atoms with Gasteiger partial charge >= 0.3 is 0 Å². The van der Waals surface area contributed by atoms with Crippen molar-refractivity contribution in [2.75, 3.05) is 20.2 Å². The third-order valence-electron chi connectivity index (χ3n) is 2.57. The minimum Gasteiger partial charge on any atom is -0.484 e. The molecular formula is C14H22N2O3. The standard InChI is InChI=1S/C14H22N2O3/c1-14(2,18)10-16(3)13(17)9-19-12-6-4-11(8-15)5-7-12/h4-7,18H,8-10,15H2,1-3H3. The summed E-state index contributed by atoms with van der Waals surface area (Å²) in [5.41, 5.74) is 5.60. The fraction of sp³-hybridized carbons (Fsp3) is 0.500. The largest absolute Gasteiger partial charge is 0.484 e. The number of amides is 1. The first-order chi connectivity index (χ1) is 8.81. The van der Waals surface area contributed by atoms with Crippen LogP contribution in [0.5, 0.6) is 5.75 Å². The first-order valence-electron chi connectivity index (χ1n) is 6.20. The Hall–Kier alpha value is -1.59. The molecule has 1 rings (SSSR count). The fourth-order valence-electron chi connectivity index (χ4n) is 1.65. The summed E-state index contributed by atoms with van der Waals surface area (Å²) < 4.78 is 5.39. The summed E-state index contributed by atoms with van der Waals surface area (Å²) in [6.45, 7) is 4.01. The average molecular weight is 266 g/mol. The van der Waals surface area contributed by atoms with Crippen molar-refractivity contribution in [3.8, 4) is 5.75 Å². The van der Waals surface area contributed by atoms with Crippen molar-refractivity contribution in [2.45, 2.75) is 26.0 Å². The molecule has 1 amide bonds. The minimum atomic E-state index is -0.910. The summed E-state index contributed by atoms with van der Waals surface area (Å²) in [6, 6.07) is 7.29. The predicted molar refractivity (Wildman–Crippen MR) is 73.8 cm³/mol. The lowest BCUT2D eigenvalue weighted by molar-refractivity contribution is -0.134. The lowest BCUT2D eigenvalue weighted by Gasteiger charge is -2.25. The molecule has 0 saturated heterocycles. The second kappa shape index (κ2) is 6.54. The van der Waals surface area contributed by atoms with E-state index in [1.165, 1.54) is 4.90 Å². The van der Waals surface area contributed by atoms with Crippen molar-refractivity contribution in [3.63, 3.8) is 0 Å². The van der Waals surface area contributed by atoms with Gasteiger partial charge in [0.15, 0.2) is 6.61 Å². The summed E-state index contributed by atoms with van der Waals surface area (Å²) >= 11 is 0. The lowest BCUT2D eigenvalue weighted by atomic mass is 10.1. The van der Waals surface area contributed by atoms with E-state index in [1.807, 2.05) is 12.1 Å². The Kier molecular flexibility index (Phi) is 5.32. The summed E-state index contributed by atoms with van der Waals surface area (Å²) in [5, 5.41) is 9.63. The van der Waals surface area contributed by atoms with Gasteiger partial charge in [0.2, 0.25) is 0 Å². The van der Waals surface area contributed by atoms with Crippen molar-refractivity contribution in [3.05, 3.63) is 29.8 Å². The van der Waals surface area contributed by atoms with E-state index in [4.69, 9.17) is 10.5 Å². The van der Waals surface area contributed by atoms with Crippen LogP contribution in [-0.2, 0) is 11.3 Å². The molecule has 0 atom stereocenters. The Labute approximate surface area is 114 Å². The monoisotopic (exact) mass is 266 g/mol. The summed E-state index contributed by atoms with van der Waals surface area (Å²) in [5.74, 6) is 0.451. The molecule has 5 heteroatoms. The molecule has 0 spiro atoms. The van der Waals surface area contributed by atoms with Crippen LogP contribution in [0.1, 0.15) is 19.4 Å². The van der Waals surface area contributed by atoms with Crippen molar-refractivity contribution in [1.29, 1.82) is 0 Å². The summed E-state index contributed by atoms with van der Waals surface area (Å²) in [7, 11) is 1.64. The maximum absolute atomic E-state index is 11.8. The van der Waals surface area contributed by atoms with Crippen molar-refractivity contribution < 1.29 is 14.6 Å². The summed E-state index contributed by atoms with van der Waals surface area (Å²) in [6.07, 6.45) is 0. The van der Waals surface area contributed by atoms with Gasteiger partial charge in [-0.3, -0.25) is 4.79 Å². The van der Waals surface area contributed by atoms with Gasteiger partial charge in [-0.2, -0.15) is 0 Å². The van der Waals surface area contributed by atoms with Crippen molar-refractivity contribution in [1.82, 2.24) is 4.90 Å². The van der Waals surface area contributed by atoms with Crippen LogP contribution in [0.3, 0.4) is 0 Å². The highest BCUT2D eigenvalue weighted by atomic mass is 16.5. The smallest absolute Gasteiger partial charge is 0.260 e. The van der Waals surface area contributed by atoms with E-state index in [-0.39, 0.29) is 19.1 Å². The molecule has 0 saturated carbocycles. The average Bonchev–Trinajstić information content (AvgIpc) is 2.34. The SMILES string of the molecule is CN(CC(C)(C)O)C(=O)COc1ccc(CN)cc1. The molecule has 0 aliphatic heterocycles. The molecule has 0 aliphatic rings. The van der Waals surface area contributed by atoms with Crippen LogP contribution in [-0.4, -0.2) is 41.7 Å². The van der Waals surface area contributed by atoms with Crippen LogP contribution in [0.4, 0.5) is 0 Å². The van der Waals surface area contributed by atoms with Crippen LogP contribution in [0, 0.1) is 0 Å². The summed E-state index contributed by atoms with van der Waals surface area (Å²) in [4.78, 5) is 13.2. The van der Waals surface area contributed by atoms with Gasteiger partial charge in [0.25, 0.3) is 5.91 Å². The molecule has 19 heavy (non-hydrogen) atoms. The zero-order valence-corrected chi connectivity index (χ0v) is 11.7. The number of hydrogen-bond donors (Lipinski definition) is 2. The molecule has 1 aromatic rings. The van der Waals surface area contributed by atoms with Gasteiger partial charge in [-0.05, 0) is 31.5 Å². The first-order valence-corrected chi connectivity index (χ1v) is 6.20. The Morgan fingerprint density at radius 3 is 2.42 bits per heavy atom. The number of nitrogens with two attached hydrogens (primary N) is 1. The molecular weight excluding hydrogens is 244 g/mol. The van der Waals surface area contributed by atoms with Gasteiger partial charge in [0, 0.05) is 20.1 Å². The number of likely N-dealkylation sites (N-methyl/N-ethyl adjacent to an activating group) is 1. The quantitative estimate of drug-likeness (QED) is 0.797. The third kappa shape index (κ3) is 5.72. The van der Waals surface area contributed by atoms with E-state index in [0.29, 0.717) is 12.3 Å². The highest BCUT2D eigenvalue weighted by Gasteiger charge is 2.19. The molecule has 0 aliphatic carbocycles. The lowest BCUT2D eigenvalue weighted by Crippen LogP contribution is -2.41. The molecule has 0 unspecified atom stereocenters. The third-order valence-corrected chi connectivity index (χ3v) is 2.57. The predicted octanol–water partition coefficient (Wildman–Crippen LogP) is 0.753. The molecule has 0 bridgehead atoms. The zero-order chi connectivity index (χ0) is 14.5. The molecule has 0 fully saturated rings. The highest BCUT2D eigenvalue weighted by molar-refractivity contribution is 5.77. The topological polar surface area (TPSA) is 75.8 Å². The molecule has 0 radical (unpaired) electrons. The van der Waals surface area contributed by atoms with Gasteiger partial charge in [-0.25, -0.2) is 0 Å². The van der Waals surface area contributed by atoms with Crippen LogP contribution >= 0.6 is 0 Å². The molecule has 0 aromatic heterocycles. The van der Waals surface area contributed by atoms with Gasteiger partial charge in [0.05, 0.1) is 5.60 Å². The number of carbonyl (C=O) groups is 1. The van der Waals surface area contributed by atoms with Crippen LogP contribution < -0.4 is 10.5 Å². The molecule has 1 aromatic carbocycles. The van der Waals surface area contributed by atoms with Gasteiger partial charge in [-0.15, -0.1) is 0 Å². The highest BCUT2D eigenvalue weighted by Crippen LogP contribution is 2.12. The molecule has 3 N–H and O–H groups in total. The maximum Gasteiger partial charge on any atom is 0.260 e. The normalized spacial score (nSPS) is 11.2. The van der Waals surface area contributed by atoms with Gasteiger partial charge < -0.3 is 20.5 Å². The molecule has 5 nitrogen and oxygen atoms in total. The number of benzene rings is 1. The number of rotatable bonds is 6. The molecule has 0 heterocycles. The number of nitrogens with zero attached hydrogens (tertiary/aromatic N) is 1. The van der Waals surface area contributed by atoms with E-state index in [9.17, 15) is 9.90 Å². The van der Waals surface area contributed by atoms with Crippen molar-refractivity contribution >= 4 is 5.91 Å². The minimum absolute atomic E-state index is 0.0471. The van der Waals surface area contributed by atoms with E-state index in [0.717, 1.165) is 5.56 Å². The Bertz CT molecular complexity index is 410. The second-order valence-electron chi connectivity index (χ2n) is 5.20. The van der Waals surface area contributed by atoms with Crippen LogP contribution in [0.25, 0.3) is 0 Å².